The van der Waals surface area contributed by atoms with Crippen LogP contribution in [0.1, 0.15) is 41.4 Å². The Hall–Kier alpha value is -1.92. The average molecular weight is 238 g/mol. The van der Waals surface area contributed by atoms with Gasteiger partial charge in [0.25, 0.3) is 0 Å². The van der Waals surface area contributed by atoms with Crippen molar-refractivity contribution in [1.82, 2.24) is 20.3 Å². The molecular weight excluding hydrogens is 224 g/mol. The van der Waals surface area contributed by atoms with Crippen LogP contribution in [0.5, 0.6) is 0 Å². The molecule has 1 amide bonds. The third-order valence-electron chi connectivity index (χ3n) is 3.04. The lowest BCUT2D eigenvalue weighted by Gasteiger charge is -2.25. The van der Waals surface area contributed by atoms with Gasteiger partial charge < -0.3 is 10.4 Å². The summed E-state index contributed by atoms with van der Waals surface area (Å²) in [4.78, 5) is 22.3. The van der Waals surface area contributed by atoms with Gasteiger partial charge in [0.05, 0.1) is 5.69 Å². The van der Waals surface area contributed by atoms with E-state index in [4.69, 9.17) is 5.11 Å². The van der Waals surface area contributed by atoms with Gasteiger partial charge in [-0.15, -0.1) is 5.10 Å². The standard InChI is InChI=1S/C10H14N4O3/c1-11-7(15)5-14-9(6-3-2-4-6)8(10(16)17)12-13-14/h6H,2-5H2,1H3,(H,11,15)(H,16,17). The molecule has 0 atom stereocenters. The maximum Gasteiger partial charge on any atom is 0.358 e. The zero-order valence-corrected chi connectivity index (χ0v) is 9.51. The third-order valence-corrected chi connectivity index (χ3v) is 3.04. The SMILES string of the molecule is CNC(=O)Cn1nnc(C(=O)O)c1C1CCC1. The molecule has 7 nitrogen and oxygen atoms in total. The van der Waals surface area contributed by atoms with Gasteiger partial charge in [0.15, 0.2) is 5.69 Å². The van der Waals surface area contributed by atoms with Gasteiger partial charge in [0, 0.05) is 13.0 Å². The van der Waals surface area contributed by atoms with E-state index in [1.54, 1.807) is 0 Å². The minimum Gasteiger partial charge on any atom is -0.476 e. The van der Waals surface area contributed by atoms with Crippen molar-refractivity contribution in [2.75, 3.05) is 7.05 Å². The van der Waals surface area contributed by atoms with E-state index in [9.17, 15) is 9.59 Å². The molecule has 0 radical (unpaired) electrons. The van der Waals surface area contributed by atoms with Gasteiger partial charge in [-0.25, -0.2) is 9.48 Å². The number of amides is 1. The lowest BCUT2D eigenvalue weighted by molar-refractivity contribution is -0.121. The molecule has 1 heterocycles. The Bertz CT molecular complexity index is 450. The van der Waals surface area contributed by atoms with Gasteiger partial charge in [-0.1, -0.05) is 11.6 Å². The number of aromatic carboxylic acids is 1. The molecule has 0 aliphatic heterocycles. The molecule has 1 fully saturated rings. The number of aromatic nitrogens is 3. The lowest BCUT2D eigenvalue weighted by Crippen LogP contribution is -2.27. The van der Waals surface area contributed by atoms with Crippen LogP contribution < -0.4 is 5.32 Å². The van der Waals surface area contributed by atoms with Crippen molar-refractivity contribution in [2.45, 2.75) is 31.7 Å². The molecule has 2 N–H and O–H groups in total. The van der Waals surface area contributed by atoms with Crippen LogP contribution in [0, 0.1) is 0 Å². The smallest absolute Gasteiger partial charge is 0.358 e. The molecule has 1 aliphatic rings. The molecule has 17 heavy (non-hydrogen) atoms. The second-order valence-electron chi connectivity index (χ2n) is 4.09. The largest absolute Gasteiger partial charge is 0.476 e. The fourth-order valence-corrected chi connectivity index (χ4v) is 1.89. The predicted octanol–water partition coefficient (Wildman–Crippen LogP) is -0.0102. The Morgan fingerprint density at radius 3 is 2.71 bits per heavy atom. The van der Waals surface area contributed by atoms with Crippen LogP contribution in [-0.2, 0) is 11.3 Å². The molecule has 0 spiro atoms. The summed E-state index contributed by atoms with van der Waals surface area (Å²) >= 11 is 0. The van der Waals surface area contributed by atoms with Crippen molar-refractivity contribution in [3.05, 3.63) is 11.4 Å². The number of rotatable bonds is 4. The minimum absolute atomic E-state index is 0.0165. The molecule has 1 saturated carbocycles. The highest BCUT2D eigenvalue weighted by Crippen LogP contribution is 2.37. The number of hydrogen-bond donors (Lipinski definition) is 2. The van der Waals surface area contributed by atoms with E-state index in [-0.39, 0.29) is 24.1 Å². The Kier molecular flexibility index (Phi) is 3.08. The van der Waals surface area contributed by atoms with E-state index >= 15 is 0 Å². The van der Waals surface area contributed by atoms with E-state index in [0.717, 1.165) is 19.3 Å². The zero-order chi connectivity index (χ0) is 12.4. The van der Waals surface area contributed by atoms with Gasteiger partial charge in [0.1, 0.15) is 6.54 Å². The van der Waals surface area contributed by atoms with Gasteiger partial charge in [0.2, 0.25) is 5.91 Å². The van der Waals surface area contributed by atoms with E-state index in [2.05, 4.69) is 15.6 Å². The molecule has 92 valence electrons. The van der Waals surface area contributed by atoms with Crippen molar-refractivity contribution in [2.24, 2.45) is 0 Å². The minimum atomic E-state index is -1.09. The van der Waals surface area contributed by atoms with Crippen molar-refractivity contribution < 1.29 is 14.7 Å². The van der Waals surface area contributed by atoms with Gasteiger partial charge in [-0.05, 0) is 12.8 Å². The summed E-state index contributed by atoms with van der Waals surface area (Å²) in [5.41, 5.74) is 0.547. The van der Waals surface area contributed by atoms with E-state index in [0.29, 0.717) is 5.69 Å². The number of carboxylic acids is 1. The molecule has 1 aromatic rings. The zero-order valence-electron chi connectivity index (χ0n) is 9.51. The Labute approximate surface area is 97.8 Å². The Morgan fingerprint density at radius 2 is 2.24 bits per heavy atom. The second-order valence-corrected chi connectivity index (χ2v) is 4.09. The maximum atomic E-state index is 11.3. The predicted molar refractivity (Wildman–Crippen MR) is 57.6 cm³/mol. The Morgan fingerprint density at radius 1 is 1.53 bits per heavy atom. The van der Waals surface area contributed by atoms with Crippen LogP contribution in [0.25, 0.3) is 0 Å². The van der Waals surface area contributed by atoms with Crippen LogP contribution >= 0.6 is 0 Å². The topological polar surface area (TPSA) is 97.1 Å². The first kappa shape index (κ1) is 11.6. The van der Waals surface area contributed by atoms with Crippen molar-refractivity contribution in [1.29, 1.82) is 0 Å². The fourth-order valence-electron chi connectivity index (χ4n) is 1.89. The molecular formula is C10H14N4O3. The van der Waals surface area contributed by atoms with Crippen molar-refractivity contribution >= 4 is 11.9 Å². The molecule has 1 aliphatic carbocycles. The quantitative estimate of drug-likeness (QED) is 0.768. The second kappa shape index (κ2) is 4.52. The summed E-state index contributed by atoms with van der Waals surface area (Å²) in [7, 11) is 1.53. The first-order valence-corrected chi connectivity index (χ1v) is 5.50. The number of nitrogens with zero attached hydrogens (tertiary/aromatic N) is 3. The van der Waals surface area contributed by atoms with Crippen LogP contribution in [0.4, 0.5) is 0 Å². The van der Waals surface area contributed by atoms with Crippen LogP contribution in [-0.4, -0.2) is 39.0 Å². The Balaban J connectivity index is 2.31. The lowest BCUT2D eigenvalue weighted by atomic mass is 9.82. The fraction of sp³-hybridized carbons (Fsp3) is 0.600. The summed E-state index contributed by atoms with van der Waals surface area (Å²) in [6, 6.07) is 0. The summed E-state index contributed by atoms with van der Waals surface area (Å²) < 4.78 is 1.39. The van der Waals surface area contributed by atoms with Crippen LogP contribution in [0.15, 0.2) is 0 Å². The van der Waals surface area contributed by atoms with Crippen molar-refractivity contribution in [3.8, 4) is 0 Å². The number of nitrogens with one attached hydrogen (secondary N) is 1. The molecule has 0 unspecified atom stereocenters. The molecule has 7 heteroatoms. The summed E-state index contributed by atoms with van der Waals surface area (Å²) in [6.45, 7) is 0.0165. The molecule has 2 rings (SSSR count). The van der Waals surface area contributed by atoms with Crippen LogP contribution in [0.3, 0.4) is 0 Å². The highest BCUT2D eigenvalue weighted by atomic mass is 16.4. The number of carbonyl (C=O) groups is 2. The number of carboxylic acid groups (broad SMARTS) is 1. The highest BCUT2D eigenvalue weighted by molar-refractivity contribution is 5.87. The summed E-state index contributed by atoms with van der Waals surface area (Å²) in [5, 5.41) is 18.9. The van der Waals surface area contributed by atoms with Crippen LogP contribution in [0.2, 0.25) is 0 Å². The maximum absolute atomic E-state index is 11.3. The van der Waals surface area contributed by atoms with E-state index in [1.807, 2.05) is 0 Å². The average Bonchev–Trinajstić information content (AvgIpc) is 2.60. The van der Waals surface area contributed by atoms with E-state index in [1.165, 1.54) is 11.7 Å². The van der Waals surface area contributed by atoms with Gasteiger partial charge in [-0.3, -0.25) is 4.79 Å². The van der Waals surface area contributed by atoms with Crippen molar-refractivity contribution in [3.63, 3.8) is 0 Å². The number of hydrogen-bond acceptors (Lipinski definition) is 4. The van der Waals surface area contributed by atoms with Gasteiger partial charge in [-0.2, -0.15) is 0 Å². The molecule has 0 bridgehead atoms. The first-order chi connectivity index (χ1) is 8.13. The van der Waals surface area contributed by atoms with Gasteiger partial charge >= 0.3 is 5.97 Å². The highest BCUT2D eigenvalue weighted by Gasteiger charge is 2.30. The van der Waals surface area contributed by atoms with E-state index < -0.39 is 5.97 Å². The summed E-state index contributed by atoms with van der Waals surface area (Å²) in [5.74, 6) is -1.14. The first-order valence-electron chi connectivity index (χ1n) is 5.50. The molecule has 0 aromatic carbocycles. The monoisotopic (exact) mass is 238 g/mol. The normalized spacial score (nSPS) is 15.4. The third kappa shape index (κ3) is 2.13. The number of likely N-dealkylation sites (N-methyl/N-ethyl adjacent to an activating group) is 1. The number of carbonyl (C=O) groups excluding carboxylic acids is 1. The molecule has 0 saturated heterocycles. The summed E-state index contributed by atoms with van der Waals surface area (Å²) in [6.07, 6.45) is 2.94. The molecule has 1 aromatic heterocycles.